The number of fused-ring (bicyclic) bond motifs is 1. The molecule has 0 bridgehead atoms. The molecular weight excluding hydrogens is 312 g/mol. The fraction of sp³-hybridized carbons (Fsp3) is 0.389. The minimum absolute atomic E-state index is 0.207. The maximum Gasteiger partial charge on any atom is 0.260 e. The molecule has 0 spiro atoms. The van der Waals surface area contributed by atoms with Gasteiger partial charge in [0.05, 0.1) is 12.2 Å². The van der Waals surface area contributed by atoms with Crippen molar-refractivity contribution in [2.24, 2.45) is 0 Å². The maximum absolute atomic E-state index is 14.2. The van der Waals surface area contributed by atoms with Crippen molar-refractivity contribution in [3.63, 3.8) is 0 Å². The standard InChI is InChI=1S/C18H19F2N3O/c1-10-5-6-12(19)14(15(10)20)16(24)23-8-11-7-21-17(18(2,3)4)22-13(11)9-23/h5-7H,8-9H2,1-4H3. The number of rotatable bonds is 1. The van der Waals surface area contributed by atoms with Gasteiger partial charge in [0.1, 0.15) is 23.0 Å². The van der Waals surface area contributed by atoms with Crippen molar-refractivity contribution in [3.05, 3.63) is 58.2 Å². The highest BCUT2D eigenvalue weighted by molar-refractivity contribution is 5.95. The van der Waals surface area contributed by atoms with Gasteiger partial charge in [-0.2, -0.15) is 0 Å². The third kappa shape index (κ3) is 2.77. The Morgan fingerprint density at radius 1 is 1.21 bits per heavy atom. The number of nitrogens with zero attached hydrogens (tertiary/aromatic N) is 3. The lowest BCUT2D eigenvalue weighted by Crippen LogP contribution is -2.27. The second kappa shape index (κ2) is 5.61. The van der Waals surface area contributed by atoms with Crippen LogP contribution in [0.3, 0.4) is 0 Å². The highest BCUT2D eigenvalue weighted by atomic mass is 19.1. The molecule has 1 amide bonds. The lowest BCUT2D eigenvalue weighted by molar-refractivity contribution is 0.0740. The molecule has 0 atom stereocenters. The Morgan fingerprint density at radius 3 is 2.58 bits per heavy atom. The summed E-state index contributed by atoms with van der Waals surface area (Å²) in [6.07, 6.45) is 1.69. The predicted octanol–water partition coefficient (Wildman–Crippen LogP) is 3.52. The summed E-state index contributed by atoms with van der Waals surface area (Å²) in [4.78, 5) is 22.8. The summed E-state index contributed by atoms with van der Waals surface area (Å²) in [6, 6.07) is 2.44. The van der Waals surface area contributed by atoms with Crippen LogP contribution in [-0.2, 0) is 18.5 Å². The van der Waals surface area contributed by atoms with Crippen LogP contribution in [0.1, 0.15) is 53.8 Å². The van der Waals surface area contributed by atoms with Crippen LogP contribution in [0.25, 0.3) is 0 Å². The highest BCUT2D eigenvalue weighted by Crippen LogP contribution is 2.27. The molecule has 1 aromatic carbocycles. The van der Waals surface area contributed by atoms with Crippen LogP contribution < -0.4 is 0 Å². The van der Waals surface area contributed by atoms with Crippen LogP contribution in [0.2, 0.25) is 0 Å². The van der Waals surface area contributed by atoms with E-state index in [0.29, 0.717) is 5.82 Å². The van der Waals surface area contributed by atoms with Gasteiger partial charge in [0.25, 0.3) is 5.91 Å². The molecule has 126 valence electrons. The number of benzene rings is 1. The number of halogens is 2. The van der Waals surface area contributed by atoms with Gasteiger partial charge in [-0.15, -0.1) is 0 Å². The summed E-state index contributed by atoms with van der Waals surface area (Å²) in [5.41, 5.74) is 1.07. The zero-order valence-electron chi connectivity index (χ0n) is 14.2. The number of amides is 1. The molecule has 0 N–H and O–H groups in total. The fourth-order valence-electron chi connectivity index (χ4n) is 2.67. The largest absolute Gasteiger partial charge is 0.328 e. The average molecular weight is 331 g/mol. The summed E-state index contributed by atoms with van der Waals surface area (Å²) in [6.45, 7) is 8.00. The van der Waals surface area contributed by atoms with E-state index in [-0.39, 0.29) is 24.1 Å². The topological polar surface area (TPSA) is 46.1 Å². The lowest BCUT2D eigenvalue weighted by Gasteiger charge is -2.17. The Hall–Kier alpha value is -2.37. The van der Waals surface area contributed by atoms with E-state index >= 15 is 0 Å². The number of aryl methyl sites for hydroxylation is 1. The average Bonchev–Trinajstić information content (AvgIpc) is 2.93. The first-order chi connectivity index (χ1) is 11.2. The van der Waals surface area contributed by atoms with Gasteiger partial charge in [0, 0.05) is 23.7 Å². The monoisotopic (exact) mass is 331 g/mol. The van der Waals surface area contributed by atoms with Crippen molar-refractivity contribution < 1.29 is 13.6 Å². The summed E-state index contributed by atoms with van der Waals surface area (Å²) < 4.78 is 28.2. The van der Waals surface area contributed by atoms with Gasteiger partial charge in [-0.1, -0.05) is 26.8 Å². The first-order valence-corrected chi connectivity index (χ1v) is 7.77. The lowest BCUT2D eigenvalue weighted by atomic mass is 9.95. The van der Waals surface area contributed by atoms with Crippen molar-refractivity contribution in [2.75, 3.05) is 0 Å². The van der Waals surface area contributed by atoms with Crippen LogP contribution in [0.5, 0.6) is 0 Å². The first kappa shape index (κ1) is 16.5. The molecule has 2 heterocycles. The molecule has 24 heavy (non-hydrogen) atoms. The van der Waals surface area contributed by atoms with Gasteiger partial charge in [-0.3, -0.25) is 4.79 Å². The van der Waals surface area contributed by atoms with Gasteiger partial charge < -0.3 is 4.90 Å². The number of carbonyl (C=O) groups is 1. The van der Waals surface area contributed by atoms with Crippen LogP contribution in [-0.4, -0.2) is 20.8 Å². The fourth-order valence-corrected chi connectivity index (χ4v) is 2.67. The van der Waals surface area contributed by atoms with E-state index in [2.05, 4.69) is 9.97 Å². The summed E-state index contributed by atoms with van der Waals surface area (Å²) in [7, 11) is 0. The normalized spacial score (nSPS) is 14.0. The van der Waals surface area contributed by atoms with Gasteiger partial charge in [0.15, 0.2) is 0 Å². The summed E-state index contributed by atoms with van der Waals surface area (Å²) in [5.74, 6) is -1.63. The number of hydrogen-bond donors (Lipinski definition) is 0. The molecule has 0 saturated heterocycles. The Bertz CT molecular complexity index is 828. The molecule has 0 aliphatic carbocycles. The Morgan fingerprint density at radius 2 is 1.92 bits per heavy atom. The minimum Gasteiger partial charge on any atom is -0.328 e. The maximum atomic E-state index is 14.2. The summed E-state index contributed by atoms with van der Waals surface area (Å²) in [5, 5.41) is 0. The molecule has 0 radical (unpaired) electrons. The highest BCUT2D eigenvalue weighted by Gasteiger charge is 2.31. The number of aromatic nitrogens is 2. The summed E-state index contributed by atoms with van der Waals surface area (Å²) >= 11 is 0. The van der Waals surface area contributed by atoms with Crippen LogP contribution in [0.4, 0.5) is 8.78 Å². The van der Waals surface area contributed by atoms with Crippen molar-refractivity contribution in [1.29, 1.82) is 0 Å². The van der Waals surface area contributed by atoms with E-state index in [0.717, 1.165) is 17.3 Å². The Labute approximate surface area is 139 Å². The van der Waals surface area contributed by atoms with Crippen molar-refractivity contribution in [2.45, 2.75) is 46.2 Å². The van der Waals surface area contributed by atoms with Crippen molar-refractivity contribution in [1.82, 2.24) is 14.9 Å². The molecule has 2 aromatic rings. The molecule has 4 nitrogen and oxygen atoms in total. The van der Waals surface area contributed by atoms with Gasteiger partial charge >= 0.3 is 0 Å². The van der Waals surface area contributed by atoms with Crippen LogP contribution in [0.15, 0.2) is 18.3 Å². The molecule has 0 fully saturated rings. The number of hydrogen-bond acceptors (Lipinski definition) is 3. The van der Waals surface area contributed by atoms with E-state index < -0.39 is 23.1 Å². The third-order valence-corrected chi connectivity index (χ3v) is 4.11. The smallest absolute Gasteiger partial charge is 0.260 e. The SMILES string of the molecule is Cc1ccc(F)c(C(=O)N2Cc3cnc(C(C)(C)C)nc3C2)c1F. The molecule has 0 saturated carbocycles. The zero-order valence-corrected chi connectivity index (χ0v) is 14.2. The molecule has 0 unspecified atom stereocenters. The second-order valence-electron chi connectivity index (χ2n) is 7.13. The van der Waals surface area contributed by atoms with E-state index in [4.69, 9.17) is 0 Å². The Kier molecular flexibility index (Phi) is 3.86. The minimum atomic E-state index is -0.847. The van der Waals surface area contributed by atoms with Gasteiger partial charge in [-0.25, -0.2) is 18.7 Å². The third-order valence-electron chi connectivity index (χ3n) is 4.11. The van der Waals surface area contributed by atoms with Crippen LogP contribution in [0, 0.1) is 18.6 Å². The van der Waals surface area contributed by atoms with Gasteiger partial charge in [0.2, 0.25) is 0 Å². The van der Waals surface area contributed by atoms with Gasteiger partial charge in [-0.05, 0) is 18.6 Å². The van der Waals surface area contributed by atoms with E-state index in [1.165, 1.54) is 17.9 Å². The quantitative estimate of drug-likeness (QED) is 0.803. The molecule has 1 aliphatic rings. The van der Waals surface area contributed by atoms with Crippen LogP contribution >= 0.6 is 0 Å². The van der Waals surface area contributed by atoms with E-state index in [1.54, 1.807) is 6.20 Å². The zero-order chi connectivity index (χ0) is 17.6. The number of carbonyl (C=O) groups excluding carboxylic acids is 1. The molecular formula is C18H19F2N3O. The van der Waals surface area contributed by atoms with Crippen molar-refractivity contribution in [3.8, 4) is 0 Å². The molecule has 6 heteroatoms. The molecule has 3 rings (SSSR count). The Balaban J connectivity index is 1.91. The van der Waals surface area contributed by atoms with E-state index in [9.17, 15) is 13.6 Å². The molecule has 1 aromatic heterocycles. The second-order valence-corrected chi connectivity index (χ2v) is 7.13. The molecule has 1 aliphatic heterocycles. The van der Waals surface area contributed by atoms with Crippen molar-refractivity contribution >= 4 is 5.91 Å². The first-order valence-electron chi connectivity index (χ1n) is 7.77. The predicted molar refractivity (Wildman–Crippen MR) is 85.4 cm³/mol. The van der Waals surface area contributed by atoms with E-state index in [1.807, 2.05) is 20.8 Å².